The molecule has 0 aromatic carbocycles. The zero-order valence-electron chi connectivity index (χ0n) is 11.1. The van der Waals surface area contributed by atoms with E-state index in [4.69, 9.17) is 0 Å². The Labute approximate surface area is 118 Å². The molecule has 0 atom stereocenters. The SMILES string of the molecule is CNc1ccncc1S(=O)(=O)NCCc1ccncc1. The van der Waals surface area contributed by atoms with Crippen LogP contribution in [0.2, 0.25) is 0 Å². The van der Waals surface area contributed by atoms with Crippen LogP contribution < -0.4 is 10.0 Å². The summed E-state index contributed by atoms with van der Waals surface area (Å²) in [6, 6.07) is 5.34. The molecule has 2 aromatic heterocycles. The van der Waals surface area contributed by atoms with Crippen LogP contribution in [0.15, 0.2) is 47.9 Å². The maximum atomic E-state index is 12.2. The van der Waals surface area contributed by atoms with Gasteiger partial charge in [-0.05, 0) is 30.2 Å². The first-order valence-corrected chi connectivity index (χ1v) is 7.62. The van der Waals surface area contributed by atoms with Crippen molar-refractivity contribution in [3.8, 4) is 0 Å². The van der Waals surface area contributed by atoms with Gasteiger partial charge in [0.05, 0.1) is 5.69 Å². The summed E-state index contributed by atoms with van der Waals surface area (Å²) >= 11 is 0. The highest BCUT2D eigenvalue weighted by Crippen LogP contribution is 2.18. The minimum absolute atomic E-state index is 0.150. The summed E-state index contributed by atoms with van der Waals surface area (Å²) in [6.07, 6.45) is 6.85. The van der Waals surface area contributed by atoms with Gasteiger partial charge in [0.15, 0.2) is 0 Å². The number of sulfonamides is 1. The van der Waals surface area contributed by atoms with Gasteiger partial charge in [-0.3, -0.25) is 9.97 Å². The van der Waals surface area contributed by atoms with Crippen LogP contribution in [0, 0.1) is 0 Å². The van der Waals surface area contributed by atoms with Gasteiger partial charge in [0.25, 0.3) is 0 Å². The zero-order valence-corrected chi connectivity index (χ0v) is 11.9. The molecule has 0 aliphatic carbocycles. The molecule has 0 spiro atoms. The molecule has 20 heavy (non-hydrogen) atoms. The molecule has 0 aliphatic rings. The number of hydrogen-bond donors (Lipinski definition) is 2. The average Bonchev–Trinajstić information content (AvgIpc) is 2.48. The fourth-order valence-electron chi connectivity index (χ4n) is 1.76. The third kappa shape index (κ3) is 3.52. The van der Waals surface area contributed by atoms with Crippen molar-refractivity contribution in [3.63, 3.8) is 0 Å². The van der Waals surface area contributed by atoms with Crippen molar-refractivity contribution in [2.75, 3.05) is 18.9 Å². The average molecular weight is 292 g/mol. The molecular formula is C13H16N4O2S. The van der Waals surface area contributed by atoms with E-state index in [1.165, 1.54) is 6.20 Å². The van der Waals surface area contributed by atoms with E-state index in [0.29, 0.717) is 18.7 Å². The van der Waals surface area contributed by atoms with Crippen LogP contribution in [0.25, 0.3) is 0 Å². The van der Waals surface area contributed by atoms with Crippen LogP contribution in [-0.4, -0.2) is 32.0 Å². The molecule has 2 heterocycles. The summed E-state index contributed by atoms with van der Waals surface area (Å²) in [4.78, 5) is 7.93. The van der Waals surface area contributed by atoms with E-state index in [-0.39, 0.29) is 4.90 Å². The Kier molecular flexibility index (Phi) is 4.65. The molecular weight excluding hydrogens is 276 g/mol. The molecule has 2 aromatic rings. The van der Waals surface area contributed by atoms with Gasteiger partial charge in [-0.2, -0.15) is 0 Å². The lowest BCUT2D eigenvalue weighted by molar-refractivity contribution is 0.581. The zero-order chi connectivity index (χ0) is 14.4. The molecule has 0 saturated carbocycles. The number of nitrogens with zero attached hydrogens (tertiary/aromatic N) is 2. The van der Waals surface area contributed by atoms with Gasteiger partial charge in [-0.15, -0.1) is 0 Å². The topological polar surface area (TPSA) is 84.0 Å². The minimum Gasteiger partial charge on any atom is -0.387 e. The molecule has 0 saturated heterocycles. The van der Waals surface area contributed by atoms with E-state index in [1.807, 2.05) is 12.1 Å². The molecule has 0 radical (unpaired) electrons. The van der Waals surface area contributed by atoms with Gasteiger partial charge in [0.1, 0.15) is 4.90 Å². The van der Waals surface area contributed by atoms with E-state index in [1.54, 1.807) is 31.7 Å². The smallest absolute Gasteiger partial charge is 0.244 e. The highest BCUT2D eigenvalue weighted by Gasteiger charge is 2.17. The van der Waals surface area contributed by atoms with Gasteiger partial charge in [0, 0.05) is 38.4 Å². The third-order valence-corrected chi connectivity index (χ3v) is 4.29. The second-order valence-electron chi connectivity index (χ2n) is 4.13. The molecule has 2 rings (SSSR count). The number of pyridine rings is 2. The fraction of sp³-hybridized carbons (Fsp3) is 0.231. The molecule has 106 valence electrons. The van der Waals surface area contributed by atoms with Crippen LogP contribution in [0.3, 0.4) is 0 Å². The minimum atomic E-state index is -3.56. The predicted octanol–water partition coefficient (Wildman–Crippen LogP) is 1.04. The van der Waals surface area contributed by atoms with E-state index in [9.17, 15) is 8.42 Å². The highest BCUT2D eigenvalue weighted by atomic mass is 32.2. The summed E-state index contributed by atoms with van der Waals surface area (Å²) in [6.45, 7) is 0.324. The van der Waals surface area contributed by atoms with E-state index >= 15 is 0 Å². The highest BCUT2D eigenvalue weighted by molar-refractivity contribution is 7.89. The molecule has 2 N–H and O–H groups in total. The molecule has 7 heteroatoms. The largest absolute Gasteiger partial charge is 0.387 e. The maximum absolute atomic E-state index is 12.2. The van der Waals surface area contributed by atoms with Crippen LogP contribution in [-0.2, 0) is 16.4 Å². The van der Waals surface area contributed by atoms with Gasteiger partial charge in [-0.25, -0.2) is 13.1 Å². The monoisotopic (exact) mass is 292 g/mol. The summed E-state index contributed by atoms with van der Waals surface area (Å²) in [5.41, 5.74) is 1.55. The lowest BCUT2D eigenvalue weighted by atomic mass is 10.2. The Morgan fingerprint density at radius 2 is 1.80 bits per heavy atom. The Bertz CT molecular complexity index is 659. The van der Waals surface area contributed by atoms with Crippen molar-refractivity contribution in [3.05, 3.63) is 48.5 Å². The van der Waals surface area contributed by atoms with Crippen LogP contribution >= 0.6 is 0 Å². The third-order valence-electron chi connectivity index (χ3n) is 2.80. The molecule has 0 aliphatic heterocycles. The summed E-state index contributed by atoms with van der Waals surface area (Å²) in [7, 11) is -1.89. The lowest BCUT2D eigenvalue weighted by Gasteiger charge is -2.10. The van der Waals surface area contributed by atoms with E-state index < -0.39 is 10.0 Å². The van der Waals surface area contributed by atoms with Crippen LogP contribution in [0.1, 0.15) is 5.56 Å². The number of anilines is 1. The summed E-state index contributed by atoms with van der Waals surface area (Å²) in [5.74, 6) is 0. The van der Waals surface area contributed by atoms with Gasteiger partial charge >= 0.3 is 0 Å². The van der Waals surface area contributed by atoms with Gasteiger partial charge in [0.2, 0.25) is 10.0 Å². The van der Waals surface area contributed by atoms with Gasteiger partial charge in [-0.1, -0.05) is 0 Å². The lowest BCUT2D eigenvalue weighted by Crippen LogP contribution is -2.26. The summed E-state index contributed by atoms with van der Waals surface area (Å²) in [5, 5.41) is 2.84. The van der Waals surface area contributed by atoms with E-state index in [0.717, 1.165) is 5.56 Å². The molecule has 0 amide bonds. The predicted molar refractivity (Wildman–Crippen MR) is 76.9 cm³/mol. The maximum Gasteiger partial charge on any atom is 0.244 e. The Hall–Kier alpha value is -1.99. The van der Waals surface area contributed by atoms with Crippen LogP contribution in [0.5, 0.6) is 0 Å². The van der Waals surface area contributed by atoms with Crippen molar-refractivity contribution in [2.45, 2.75) is 11.3 Å². The van der Waals surface area contributed by atoms with E-state index in [2.05, 4.69) is 20.0 Å². The molecule has 0 fully saturated rings. The van der Waals surface area contributed by atoms with Crippen molar-refractivity contribution in [2.24, 2.45) is 0 Å². The first kappa shape index (κ1) is 14.4. The number of nitrogens with one attached hydrogen (secondary N) is 2. The molecule has 6 nitrogen and oxygen atoms in total. The Balaban J connectivity index is 2.04. The Morgan fingerprint density at radius 3 is 2.50 bits per heavy atom. The van der Waals surface area contributed by atoms with Crippen molar-refractivity contribution < 1.29 is 8.42 Å². The first-order chi connectivity index (χ1) is 9.63. The quantitative estimate of drug-likeness (QED) is 0.831. The standard InChI is InChI=1S/C13H16N4O2S/c1-14-12-5-8-16-10-13(12)20(18,19)17-9-4-11-2-6-15-7-3-11/h2-3,5-8,10,17H,4,9H2,1H3,(H,14,16). The molecule has 0 unspecified atom stereocenters. The normalized spacial score (nSPS) is 11.2. The second kappa shape index (κ2) is 6.44. The second-order valence-corrected chi connectivity index (χ2v) is 5.86. The summed E-state index contributed by atoms with van der Waals surface area (Å²) < 4.78 is 27.0. The van der Waals surface area contributed by atoms with Crippen molar-refractivity contribution >= 4 is 15.7 Å². The number of hydrogen-bond acceptors (Lipinski definition) is 5. The van der Waals surface area contributed by atoms with Crippen molar-refractivity contribution in [1.29, 1.82) is 0 Å². The van der Waals surface area contributed by atoms with Gasteiger partial charge < -0.3 is 5.32 Å². The first-order valence-electron chi connectivity index (χ1n) is 6.14. The van der Waals surface area contributed by atoms with Crippen LogP contribution in [0.4, 0.5) is 5.69 Å². The Morgan fingerprint density at radius 1 is 1.10 bits per heavy atom. The fourth-order valence-corrected chi connectivity index (χ4v) is 2.94. The van der Waals surface area contributed by atoms with Crippen molar-refractivity contribution in [1.82, 2.24) is 14.7 Å². The molecule has 0 bridgehead atoms. The number of aromatic nitrogens is 2. The number of rotatable bonds is 6.